The number of rotatable bonds is 3. The molecule has 1 aliphatic rings. The summed E-state index contributed by atoms with van der Waals surface area (Å²) in [5.41, 5.74) is 0.508. The molecule has 0 saturated carbocycles. The minimum atomic E-state index is -0.218. The SMILES string of the molecule is O=C(Nc1cc(N2CCCC2)ncn1)c1cccnc1. The van der Waals surface area contributed by atoms with Crippen molar-refractivity contribution in [1.82, 2.24) is 15.0 Å². The smallest absolute Gasteiger partial charge is 0.258 e. The lowest BCUT2D eigenvalue weighted by Gasteiger charge is -2.16. The van der Waals surface area contributed by atoms with Crippen molar-refractivity contribution in [3.8, 4) is 0 Å². The molecule has 1 N–H and O–H groups in total. The maximum atomic E-state index is 12.0. The predicted molar refractivity (Wildman–Crippen MR) is 75.7 cm³/mol. The van der Waals surface area contributed by atoms with Crippen molar-refractivity contribution >= 4 is 17.5 Å². The molecule has 2 aromatic rings. The van der Waals surface area contributed by atoms with Gasteiger partial charge in [0.2, 0.25) is 0 Å². The lowest BCUT2D eigenvalue weighted by molar-refractivity contribution is 0.102. The molecule has 0 atom stereocenters. The Kier molecular flexibility index (Phi) is 3.54. The van der Waals surface area contributed by atoms with Gasteiger partial charge in [0.05, 0.1) is 5.56 Å². The number of carbonyl (C=O) groups excluding carboxylic acids is 1. The first-order valence-electron chi connectivity index (χ1n) is 6.61. The third-order valence-electron chi connectivity index (χ3n) is 3.25. The lowest BCUT2D eigenvalue weighted by atomic mass is 10.3. The summed E-state index contributed by atoms with van der Waals surface area (Å²) in [6.45, 7) is 2.01. The van der Waals surface area contributed by atoms with Gasteiger partial charge in [0.25, 0.3) is 5.91 Å². The molecule has 1 saturated heterocycles. The van der Waals surface area contributed by atoms with Crippen molar-refractivity contribution in [2.45, 2.75) is 12.8 Å². The van der Waals surface area contributed by atoms with Crippen LogP contribution in [0.5, 0.6) is 0 Å². The summed E-state index contributed by atoms with van der Waals surface area (Å²) in [6.07, 6.45) is 7.00. The summed E-state index contributed by atoms with van der Waals surface area (Å²) in [6, 6.07) is 5.25. The molecule has 3 heterocycles. The van der Waals surface area contributed by atoms with Crippen LogP contribution in [0.2, 0.25) is 0 Å². The van der Waals surface area contributed by atoms with Gasteiger partial charge in [-0.1, -0.05) is 0 Å². The number of pyridine rings is 1. The molecule has 6 heteroatoms. The van der Waals surface area contributed by atoms with Crippen LogP contribution in [0.1, 0.15) is 23.2 Å². The molecular formula is C14H15N5O. The van der Waals surface area contributed by atoms with Crippen molar-refractivity contribution in [3.05, 3.63) is 42.5 Å². The highest BCUT2D eigenvalue weighted by Crippen LogP contribution is 2.19. The Hall–Kier alpha value is -2.50. The van der Waals surface area contributed by atoms with Gasteiger partial charge in [-0.15, -0.1) is 0 Å². The second-order valence-electron chi connectivity index (χ2n) is 4.65. The van der Waals surface area contributed by atoms with Crippen molar-refractivity contribution in [1.29, 1.82) is 0 Å². The van der Waals surface area contributed by atoms with E-state index in [1.54, 1.807) is 24.4 Å². The molecule has 1 amide bonds. The minimum Gasteiger partial charge on any atom is -0.356 e. The lowest BCUT2D eigenvalue weighted by Crippen LogP contribution is -2.20. The standard InChI is InChI=1S/C14H15N5O/c20-14(11-4-3-5-15-9-11)18-12-8-13(17-10-16-12)19-6-1-2-7-19/h3-5,8-10H,1-2,6-7H2,(H,16,17,18,20). The predicted octanol–water partition coefficient (Wildman–Crippen LogP) is 1.72. The van der Waals surface area contributed by atoms with Gasteiger partial charge in [-0.05, 0) is 25.0 Å². The largest absolute Gasteiger partial charge is 0.356 e. The van der Waals surface area contributed by atoms with Crippen LogP contribution in [-0.4, -0.2) is 33.9 Å². The van der Waals surface area contributed by atoms with Crippen LogP contribution < -0.4 is 10.2 Å². The van der Waals surface area contributed by atoms with Crippen molar-refractivity contribution in [2.75, 3.05) is 23.3 Å². The minimum absolute atomic E-state index is 0.218. The molecule has 0 unspecified atom stereocenters. The van der Waals surface area contributed by atoms with E-state index in [4.69, 9.17) is 0 Å². The number of hydrogen-bond donors (Lipinski definition) is 1. The van der Waals surface area contributed by atoms with Crippen molar-refractivity contribution in [3.63, 3.8) is 0 Å². The fourth-order valence-electron chi connectivity index (χ4n) is 2.22. The van der Waals surface area contributed by atoms with Crippen LogP contribution >= 0.6 is 0 Å². The summed E-state index contributed by atoms with van der Waals surface area (Å²) in [4.78, 5) is 26.5. The summed E-state index contributed by atoms with van der Waals surface area (Å²) in [5, 5.41) is 2.77. The fraction of sp³-hybridized carbons (Fsp3) is 0.286. The number of amides is 1. The van der Waals surface area contributed by atoms with Crippen LogP contribution in [0, 0.1) is 0 Å². The van der Waals surface area contributed by atoms with E-state index in [-0.39, 0.29) is 5.91 Å². The molecule has 1 aliphatic heterocycles. The van der Waals surface area contributed by atoms with Gasteiger partial charge in [-0.2, -0.15) is 0 Å². The highest BCUT2D eigenvalue weighted by atomic mass is 16.1. The van der Waals surface area contributed by atoms with Crippen LogP contribution in [0.3, 0.4) is 0 Å². The first kappa shape index (κ1) is 12.5. The second kappa shape index (κ2) is 5.64. The van der Waals surface area contributed by atoms with E-state index in [1.807, 2.05) is 0 Å². The van der Waals surface area contributed by atoms with E-state index in [0.717, 1.165) is 18.9 Å². The molecule has 0 radical (unpaired) electrons. The highest BCUT2D eigenvalue weighted by molar-refractivity contribution is 6.03. The molecule has 0 bridgehead atoms. The first-order chi connectivity index (χ1) is 9.83. The van der Waals surface area contributed by atoms with Gasteiger partial charge >= 0.3 is 0 Å². The van der Waals surface area contributed by atoms with E-state index in [0.29, 0.717) is 11.4 Å². The molecule has 0 aliphatic carbocycles. The number of nitrogens with one attached hydrogen (secondary N) is 1. The molecule has 0 aromatic carbocycles. The van der Waals surface area contributed by atoms with E-state index in [1.165, 1.54) is 25.4 Å². The Morgan fingerprint density at radius 3 is 2.85 bits per heavy atom. The molecule has 102 valence electrons. The molecule has 0 spiro atoms. The van der Waals surface area contributed by atoms with E-state index < -0.39 is 0 Å². The summed E-state index contributed by atoms with van der Waals surface area (Å²) >= 11 is 0. The summed E-state index contributed by atoms with van der Waals surface area (Å²) in [5.74, 6) is 1.15. The maximum Gasteiger partial charge on any atom is 0.258 e. The number of nitrogens with zero attached hydrogens (tertiary/aromatic N) is 4. The van der Waals surface area contributed by atoms with Crippen molar-refractivity contribution < 1.29 is 4.79 Å². The Morgan fingerprint density at radius 2 is 2.10 bits per heavy atom. The van der Waals surface area contributed by atoms with Gasteiger partial charge in [-0.3, -0.25) is 9.78 Å². The zero-order chi connectivity index (χ0) is 13.8. The molecule has 1 fully saturated rings. The van der Waals surface area contributed by atoms with E-state index in [2.05, 4.69) is 25.2 Å². The van der Waals surface area contributed by atoms with Crippen LogP contribution in [0.25, 0.3) is 0 Å². The normalized spacial score (nSPS) is 14.3. The third kappa shape index (κ3) is 2.74. The van der Waals surface area contributed by atoms with Crippen LogP contribution in [0.4, 0.5) is 11.6 Å². The quantitative estimate of drug-likeness (QED) is 0.918. The van der Waals surface area contributed by atoms with Gasteiger partial charge in [0, 0.05) is 31.5 Å². The van der Waals surface area contributed by atoms with Crippen molar-refractivity contribution in [2.24, 2.45) is 0 Å². The van der Waals surface area contributed by atoms with Crippen LogP contribution in [0.15, 0.2) is 36.9 Å². The molecular weight excluding hydrogens is 254 g/mol. The number of aromatic nitrogens is 3. The van der Waals surface area contributed by atoms with Gasteiger partial charge in [0.15, 0.2) is 0 Å². The fourth-order valence-corrected chi connectivity index (χ4v) is 2.22. The molecule has 3 rings (SSSR count). The Bertz CT molecular complexity index is 596. The number of hydrogen-bond acceptors (Lipinski definition) is 5. The zero-order valence-electron chi connectivity index (χ0n) is 11.0. The maximum absolute atomic E-state index is 12.0. The second-order valence-corrected chi connectivity index (χ2v) is 4.65. The molecule has 20 heavy (non-hydrogen) atoms. The Labute approximate surface area is 116 Å². The summed E-state index contributed by atoms with van der Waals surface area (Å²) in [7, 11) is 0. The average molecular weight is 269 g/mol. The monoisotopic (exact) mass is 269 g/mol. The Morgan fingerprint density at radius 1 is 1.25 bits per heavy atom. The number of carbonyl (C=O) groups is 1. The molecule has 2 aromatic heterocycles. The molecule has 6 nitrogen and oxygen atoms in total. The topological polar surface area (TPSA) is 71.0 Å². The first-order valence-corrected chi connectivity index (χ1v) is 6.61. The van der Waals surface area contributed by atoms with Crippen LogP contribution in [-0.2, 0) is 0 Å². The highest BCUT2D eigenvalue weighted by Gasteiger charge is 2.14. The average Bonchev–Trinajstić information content (AvgIpc) is 3.03. The van der Waals surface area contributed by atoms with Gasteiger partial charge < -0.3 is 10.2 Å². The zero-order valence-corrected chi connectivity index (χ0v) is 11.0. The third-order valence-corrected chi connectivity index (χ3v) is 3.25. The van der Waals surface area contributed by atoms with Gasteiger partial charge in [-0.25, -0.2) is 9.97 Å². The van der Waals surface area contributed by atoms with E-state index in [9.17, 15) is 4.79 Å². The summed E-state index contributed by atoms with van der Waals surface area (Å²) < 4.78 is 0. The van der Waals surface area contributed by atoms with Gasteiger partial charge in [0.1, 0.15) is 18.0 Å². The number of anilines is 2. The van der Waals surface area contributed by atoms with E-state index >= 15 is 0 Å². The Balaban J connectivity index is 1.74.